The Kier molecular flexibility index (Phi) is 5.97. The van der Waals surface area contributed by atoms with Gasteiger partial charge in [-0.05, 0) is 45.3 Å². The van der Waals surface area contributed by atoms with Crippen molar-refractivity contribution in [3.05, 3.63) is 53.4 Å². The van der Waals surface area contributed by atoms with Crippen molar-refractivity contribution in [2.75, 3.05) is 27.2 Å². The van der Waals surface area contributed by atoms with Gasteiger partial charge in [0.1, 0.15) is 27.7 Å². The summed E-state index contributed by atoms with van der Waals surface area (Å²) in [6, 6.07) is 7.55. The van der Waals surface area contributed by atoms with Crippen LogP contribution >= 0.6 is 11.8 Å². The predicted octanol–water partition coefficient (Wildman–Crippen LogP) is 4.37. The molecular weight excluding hydrogens is 408 g/mol. The van der Waals surface area contributed by atoms with Gasteiger partial charge in [-0.3, -0.25) is 4.79 Å². The van der Waals surface area contributed by atoms with Crippen LogP contribution in [0.3, 0.4) is 0 Å². The maximum Gasteiger partial charge on any atom is 0.244 e. The predicted molar refractivity (Wildman–Crippen MR) is 115 cm³/mol. The smallest absolute Gasteiger partial charge is 0.244 e. The molecule has 1 aromatic rings. The number of halogens is 2. The van der Waals surface area contributed by atoms with Crippen LogP contribution in [0, 0.1) is 0 Å². The van der Waals surface area contributed by atoms with Crippen LogP contribution in [0.5, 0.6) is 5.75 Å². The summed E-state index contributed by atoms with van der Waals surface area (Å²) in [5, 5.41) is 6.37. The number of amides is 1. The molecule has 5 nitrogen and oxygen atoms in total. The summed E-state index contributed by atoms with van der Waals surface area (Å²) in [4.78, 5) is 14.4. The highest BCUT2D eigenvalue weighted by Crippen LogP contribution is 2.55. The van der Waals surface area contributed by atoms with Gasteiger partial charge < -0.3 is 9.64 Å². The van der Waals surface area contributed by atoms with E-state index in [0.29, 0.717) is 36.7 Å². The Morgan fingerprint density at radius 3 is 3.00 bits per heavy atom. The number of rotatable bonds is 5. The van der Waals surface area contributed by atoms with Crippen molar-refractivity contribution in [2.45, 2.75) is 36.7 Å². The van der Waals surface area contributed by atoms with E-state index in [-0.39, 0.29) is 17.9 Å². The number of alkyl halides is 1. The molecule has 1 aliphatic carbocycles. The lowest BCUT2D eigenvalue weighted by atomic mass is 9.98. The second-order valence-corrected chi connectivity index (χ2v) is 9.15. The molecule has 0 aromatic heterocycles. The van der Waals surface area contributed by atoms with Crippen LogP contribution in [0.4, 0.5) is 8.78 Å². The largest absolute Gasteiger partial charge is 0.493 e. The summed E-state index contributed by atoms with van der Waals surface area (Å²) in [5.74, 6) is 0.0667. The number of para-hydroxylation sites is 1. The summed E-state index contributed by atoms with van der Waals surface area (Å²) < 4.78 is 34.3. The van der Waals surface area contributed by atoms with Gasteiger partial charge in [0.2, 0.25) is 5.91 Å². The molecule has 1 spiro atoms. The molecule has 30 heavy (non-hydrogen) atoms. The van der Waals surface area contributed by atoms with E-state index < -0.39 is 16.9 Å². The molecule has 0 saturated heterocycles. The molecule has 2 heterocycles. The Balaban J connectivity index is 1.71. The third-order valence-electron chi connectivity index (χ3n) is 5.39. The first-order valence-corrected chi connectivity index (χ1v) is 10.9. The molecule has 0 saturated carbocycles. The molecule has 1 aromatic carbocycles. The Hall–Kier alpha value is -2.19. The van der Waals surface area contributed by atoms with Crippen LogP contribution in [0.1, 0.15) is 31.2 Å². The van der Waals surface area contributed by atoms with Gasteiger partial charge in [-0.25, -0.2) is 13.8 Å². The lowest BCUT2D eigenvalue weighted by molar-refractivity contribution is -0.135. The monoisotopic (exact) mass is 433 g/mol. The maximum absolute atomic E-state index is 14.5. The number of thioether (sulfide) groups is 1. The molecule has 160 valence electrons. The average Bonchev–Trinajstić information content (AvgIpc) is 3.09. The van der Waals surface area contributed by atoms with Gasteiger partial charge in [-0.2, -0.15) is 5.10 Å². The van der Waals surface area contributed by atoms with Gasteiger partial charge >= 0.3 is 0 Å². The minimum Gasteiger partial charge on any atom is -0.493 e. The topological polar surface area (TPSA) is 45.1 Å². The normalized spacial score (nSPS) is 25.6. The van der Waals surface area contributed by atoms with Crippen LogP contribution in [0.2, 0.25) is 0 Å². The van der Waals surface area contributed by atoms with Crippen molar-refractivity contribution >= 4 is 22.7 Å². The zero-order valence-corrected chi connectivity index (χ0v) is 17.9. The standard InChI is InChI=1S/C22H25F2N3O2S/c1-26(2)12-5-8-20(28)27-22(11-13-29-19-7-4-3-6-17(19)22)30-21(25-27)16-14-15(23)9-10-18(16)24/h3-4,6-7,10,14-15H,5,8-9,11-13H2,1-2H3. The Bertz CT molecular complexity index is 931. The fraction of sp³-hybridized carbons (Fsp3) is 0.455. The molecule has 0 bridgehead atoms. The number of benzene rings is 1. The highest BCUT2D eigenvalue weighted by Gasteiger charge is 2.52. The molecule has 4 rings (SSSR count). The Morgan fingerprint density at radius 1 is 1.40 bits per heavy atom. The van der Waals surface area contributed by atoms with Crippen molar-refractivity contribution in [3.8, 4) is 5.75 Å². The van der Waals surface area contributed by atoms with Crippen molar-refractivity contribution in [3.63, 3.8) is 0 Å². The van der Waals surface area contributed by atoms with Crippen molar-refractivity contribution in [2.24, 2.45) is 5.10 Å². The highest BCUT2D eigenvalue weighted by molar-refractivity contribution is 8.15. The third-order valence-corrected chi connectivity index (χ3v) is 6.82. The molecule has 2 unspecified atom stereocenters. The lowest BCUT2D eigenvalue weighted by Gasteiger charge is -2.39. The minimum absolute atomic E-state index is 0.0161. The number of carbonyl (C=O) groups excluding carboxylic acids is 1. The van der Waals surface area contributed by atoms with Crippen LogP contribution in [0.25, 0.3) is 0 Å². The third kappa shape index (κ3) is 3.90. The van der Waals surface area contributed by atoms with Gasteiger partial charge in [0.25, 0.3) is 0 Å². The molecule has 2 atom stereocenters. The summed E-state index contributed by atoms with van der Waals surface area (Å²) in [5.41, 5.74) is 0.962. The number of carbonyl (C=O) groups is 1. The molecule has 0 radical (unpaired) electrons. The average molecular weight is 434 g/mol. The van der Waals surface area contributed by atoms with Gasteiger partial charge in [-0.1, -0.05) is 30.0 Å². The van der Waals surface area contributed by atoms with E-state index in [4.69, 9.17) is 4.74 Å². The summed E-state index contributed by atoms with van der Waals surface area (Å²) in [6.07, 6.45) is 2.79. The van der Waals surface area contributed by atoms with Gasteiger partial charge in [0.15, 0.2) is 0 Å². The Labute approximate surface area is 179 Å². The molecule has 1 amide bonds. The molecule has 0 fully saturated rings. The van der Waals surface area contributed by atoms with Crippen LogP contribution in [-0.4, -0.2) is 54.3 Å². The zero-order chi connectivity index (χ0) is 21.3. The van der Waals surface area contributed by atoms with E-state index in [1.807, 2.05) is 43.3 Å². The van der Waals surface area contributed by atoms with Gasteiger partial charge in [0.05, 0.1) is 6.61 Å². The fourth-order valence-electron chi connectivity index (χ4n) is 3.92. The van der Waals surface area contributed by atoms with E-state index >= 15 is 0 Å². The van der Waals surface area contributed by atoms with E-state index in [1.165, 1.54) is 28.9 Å². The number of ether oxygens (including phenoxy) is 1. The van der Waals surface area contributed by atoms with Crippen LogP contribution in [-0.2, 0) is 9.67 Å². The summed E-state index contributed by atoms with van der Waals surface area (Å²) >= 11 is 1.31. The van der Waals surface area contributed by atoms with E-state index in [9.17, 15) is 13.6 Å². The van der Waals surface area contributed by atoms with Gasteiger partial charge in [0, 0.05) is 30.4 Å². The van der Waals surface area contributed by atoms with Crippen molar-refractivity contribution in [1.29, 1.82) is 0 Å². The van der Waals surface area contributed by atoms with Crippen molar-refractivity contribution in [1.82, 2.24) is 9.91 Å². The summed E-state index contributed by atoms with van der Waals surface area (Å²) in [6.45, 7) is 1.19. The second-order valence-electron chi connectivity index (χ2n) is 7.88. The van der Waals surface area contributed by atoms with Gasteiger partial charge in [-0.15, -0.1) is 0 Å². The number of nitrogens with zero attached hydrogens (tertiary/aromatic N) is 3. The number of hydrogen-bond acceptors (Lipinski definition) is 5. The SMILES string of the molecule is CN(C)CCCC(=O)N1N=C(C2=CC(F)CC=C2F)SC12CCOc1ccccc12. The van der Waals surface area contributed by atoms with Crippen LogP contribution in [0.15, 0.2) is 52.9 Å². The number of hydrazone groups is 1. The number of fused-ring (bicyclic) bond motifs is 2. The maximum atomic E-state index is 14.5. The first-order valence-electron chi connectivity index (χ1n) is 10.1. The van der Waals surface area contributed by atoms with Crippen molar-refractivity contribution < 1.29 is 18.3 Å². The first kappa shape index (κ1) is 21.1. The second kappa shape index (κ2) is 8.51. The highest BCUT2D eigenvalue weighted by atomic mass is 32.2. The molecular formula is C22H25F2N3O2S. The summed E-state index contributed by atoms with van der Waals surface area (Å²) in [7, 11) is 3.92. The molecule has 2 aliphatic heterocycles. The molecule has 0 N–H and O–H groups in total. The molecule has 8 heteroatoms. The quantitative estimate of drug-likeness (QED) is 0.692. The molecule has 3 aliphatic rings. The minimum atomic E-state index is -1.26. The first-order chi connectivity index (χ1) is 14.4. The van der Waals surface area contributed by atoms with Crippen LogP contribution < -0.4 is 4.74 Å². The fourth-order valence-corrected chi connectivity index (χ4v) is 5.33. The number of allylic oxidation sites excluding steroid dienone is 3. The lowest BCUT2D eigenvalue weighted by Crippen LogP contribution is -2.44. The number of hydrogen-bond donors (Lipinski definition) is 0. The van der Waals surface area contributed by atoms with E-state index in [2.05, 4.69) is 5.10 Å². The van der Waals surface area contributed by atoms with E-state index in [0.717, 1.165) is 12.1 Å². The Morgan fingerprint density at radius 2 is 2.20 bits per heavy atom. The zero-order valence-electron chi connectivity index (χ0n) is 17.1. The van der Waals surface area contributed by atoms with E-state index in [1.54, 1.807) is 0 Å².